The van der Waals surface area contributed by atoms with E-state index in [9.17, 15) is 24.5 Å². The number of nitrogens with zero attached hydrogens (tertiary/aromatic N) is 3. The first kappa shape index (κ1) is 18.3. The number of likely N-dealkylation sites (N-methyl/N-ethyl adjacent to an activating group) is 2. The van der Waals surface area contributed by atoms with E-state index in [1.807, 2.05) is 0 Å². The van der Waals surface area contributed by atoms with E-state index < -0.39 is 22.8 Å². The van der Waals surface area contributed by atoms with Gasteiger partial charge in [0.1, 0.15) is 22.1 Å². The van der Waals surface area contributed by atoms with Gasteiger partial charge in [-0.1, -0.05) is 11.6 Å². The van der Waals surface area contributed by atoms with Gasteiger partial charge in [0.05, 0.1) is 4.92 Å². The zero-order valence-electron chi connectivity index (χ0n) is 14.1. The Kier molecular flexibility index (Phi) is 4.54. The normalized spacial score (nSPS) is 14.8. The second-order valence-electron chi connectivity index (χ2n) is 5.69. The molecule has 1 saturated heterocycles. The molecule has 1 aromatic carbocycles. The van der Waals surface area contributed by atoms with Gasteiger partial charge in [0.2, 0.25) is 0 Å². The number of hydrogen-bond acceptors (Lipinski definition) is 6. The molecule has 138 valence electrons. The summed E-state index contributed by atoms with van der Waals surface area (Å²) in [5.41, 5.74) is 0.0339. The average molecular weight is 390 g/mol. The van der Waals surface area contributed by atoms with E-state index >= 15 is 0 Å². The van der Waals surface area contributed by atoms with Gasteiger partial charge in [-0.3, -0.25) is 29.5 Å². The highest BCUT2D eigenvalue weighted by atomic mass is 35.5. The van der Waals surface area contributed by atoms with E-state index in [1.165, 1.54) is 44.4 Å². The fourth-order valence-corrected chi connectivity index (χ4v) is 2.76. The molecule has 1 aromatic heterocycles. The first-order valence-electron chi connectivity index (χ1n) is 7.56. The molecule has 1 aliphatic heterocycles. The summed E-state index contributed by atoms with van der Waals surface area (Å²) < 4.78 is 5.59. The van der Waals surface area contributed by atoms with Crippen LogP contribution in [0.4, 0.5) is 10.5 Å². The van der Waals surface area contributed by atoms with Crippen molar-refractivity contribution in [2.45, 2.75) is 0 Å². The molecule has 3 rings (SSSR count). The number of benzene rings is 1. The van der Waals surface area contributed by atoms with Gasteiger partial charge in [-0.2, -0.15) is 0 Å². The lowest BCUT2D eigenvalue weighted by Crippen LogP contribution is -2.52. The van der Waals surface area contributed by atoms with Gasteiger partial charge in [-0.05, 0) is 30.3 Å². The number of furan rings is 1. The molecule has 2 heterocycles. The van der Waals surface area contributed by atoms with Gasteiger partial charge in [0.25, 0.3) is 17.5 Å². The minimum Gasteiger partial charge on any atom is -0.457 e. The highest BCUT2D eigenvalue weighted by Gasteiger charge is 2.38. The second-order valence-corrected chi connectivity index (χ2v) is 6.10. The third-order valence-corrected chi connectivity index (χ3v) is 4.29. The Bertz CT molecular complexity index is 999. The summed E-state index contributed by atoms with van der Waals surface area (Å²) in [6.45, 7) is 0. The lowest BCUT2D eigenvalue weighted by molar-refractivity contribution is -0.384. The van der Waals surface area contributed by atoms with Crippen molar-refractivity contribution in [1.82, 2.24) is 9.80 Å². The van der Waals surface area contributed by atoms with Gasteiger partial charge in [-0.15, -0.1) is 0 Å². The Labute approximate surface area is 157 Å². The summed E-state index contributed by atoms with van der Waals surface area (Å²) in [5, 5.41) is 10.8. The van der Waals surface area contributed by atoms with E-state index in [2.05, 4.69) is 0 Å². The molecule has 0 spiro atoms. The Morgan fingerprint density at radius 3 is 2.26 bits per heavy atom. The molecule has 27 heavy (non-hydrogen) atoms. The molecule has 0 N–H and O–H groups in total. The van der Waals surface area contributed by atoms with Crippen LogP contribution >= 0.6 is 11.6 Å². The maximum atomic E-state index is 12.2. The van der Waals surface area contributed by atoms with Crippen molar-refractivity contribution in [2.75, 3.05) is 14.1 Å². The number of nitro groups is 1. The van der Waals surface area contributed by atoms with Crippen LogP contribution in [0.3, 0.4) is 0 Å². The largest absolute Gasteiger partial charge is 0.457 e. The molecule has 9 nitrogen and oxygen atoms in total. The standard InChI is InChI=1S/C17H12ClN3O6/c1-19-15(22)11(16(23)20(2)17(19)24)8-10-4-6-14(27-10)9-3-5-13(21(25)26)12(18)7-9/h3-8H,1-2H3. The lowest BCUT2D eigenvalue weighted by Gasteiger charge is -2.28. The number of urea groups is 1. The Morgan fingerprint density at radius 1 is 1.07 bits per heavy atom. The SMILES string of the molecule is CN1C(=O)C(=Cc2ccc(-c3ccc([N+](=O)[O-])c(Cl)c3)o2)C(=O)N(C)C1=O. The fourth-order valence-electron chi connectivity index (χ4n) is 2.51. The number of imide groups is 2. The van der Waals surface area contributed by atoms with E-state index in [1.54, 1.807) is 6.07 Å². The Balaban J connectivity index is 1.94. The minimum absolute atomic E-state index is 0.0480. The predicted molar refractivity (Wildman–Crippen MR) is 94.7 cm³/mol. The van der Waals surface area contributed by atoms with Crippen molar-refractivity contribution in [1.29, 1.82) is 0 Å². The van der Waals surface area contributed by atoms with Crippen LogP contribution in [0.15, 0.2) is 40.3 Å². The molecular formula is C17H12ClN3O6. The van der Waals surface area contributed by atoms with Crippen LogP contribution in [0, 0.1) is 10.1 Å². The number of halogens is 1. The summed E-state index contributed by atoms with van der Waals surface area (Å²) in [6.07, 6.45) is 1.24. The van der Waals surface area contributed by atoms with E-state index in [0.29, 0.717) is 11.3 Å². The van der Waals surface area contributed by atoms with Crippen LogP contribution in [-0.4, -0.2) is 46.7 Å². The van der Waals surface area contributed by atoms with Crippen molar-refractivity contribution in [3.8, 4) is 11.3 Å². The Hall–Kier alpha value is -3.46. The molecule has 10 heteroatoms. The van der Waals surface area contributed by atoms with Crippen LogP contribution < -0.4 is 0 Å². The molecule has 0 aliphatic carbocycles. The third kappa shape index (κ3) is 3.20. The fraction of sp³-hybridized carbons (Fsp3) is 0.118. The van der Waals surface area contributed by atoms with Gasteiger partial charge in [0.15, 0.2) is 0 Å². The van der Waals surface area contributed by atoms with Crippen molar-refractivity contribution in [3.05, 3.63) is 56.8 Å². The Morgan fingerprint density at radius 2 is 1.70 bits per heavy atom. The molecule has 0 unspecified atom stereocenters. The number of hydrogen-bond donors (Lipinski definition) is 0. The van der Waals surface area contributed by atoms with Crippen LogP contribution in [-0.2, 0) is 9.59 Å². The first-order valence-corrected chi connectivity index (χ1v) is 7.94. The lowest BCUT2D eigenvalue weighted by atomic mass is 10.1. The van der Waals surface area contributed by atoms with Gasteiger partial charge < -0.3 is 4.42 Å². The maximum Gasteiger partial charge on any atom is 0.333 e. The highest BCUT2D eigenvalue weighted by Crippen LogP contribution is 2.31. The quantitative estimate of drug-likeness (QED) is 0.345. The summed E-state index contributed by atoms with van der Waals surface area (Å²) >= 11 is 5.89. The zero-order valence-corrected chi connectivity index (χ0v) is 14.9. The van der Waals surface area contributed by atoms with Crippen molar-refractivity contribution >= 4 is 41.2 Å². The average Bonchev–Trinajstić information content (AvgIpc) is 3.10. The smallest absolute Gasteiger partial charge is 0.333 e. The number of carbonyl (C=O) groups excluding carboxylic acids is 3. The number of amides is 4. The summed E-state index contributed by atoms with van der Waals surface area (Å²) in [5.74, 6) is -0.932. The molecule has 2 aromatic rings. The topological polar surface area (TPSA) is 114 Å². The van der Waals surface area contributed by atoms with Crippen molar-refractivity contribution in [3.63, 3.8) is 0 Å². The van der Waals surface area contributed by atoms with Crippen molar-refractivity contribution < 1.29 is 23.7 Å². The van der Waals surface area contributed by atoms with Crippen molar-refractivity contribution in [2.24, 2.45) is 0 Å². The van der Waals surface area contributed by atoms with Gasteiger partial charge in [0, 0.05) is 25.7 Å². The summed E-state index contributed by atoms with van der Waals surface area (Å²) in [7, 11) is 2.54. The molecular weight excluding hydrogens is 378 g/mol. The minimum atomic E-state index is -0.737. The van der Waals surface area contributed by atoms with E-state index in [0.717, 1.165) is 9.80 Å². The van der Waals surface area contributed by atoms with E-state index in [4.69, 9.17) is 16.0 Å². The number of nitro benzene ring substituents is 1. The molecule has 1 aliphatic rings. The van der Waals surface area contributed by atoms with Crippen LogP contribution in [0.2, 0.25) is 5.02 Å². The molecule has 0 saturated carbocycles. The summed E-state index contributed by atoms with van der Waals surface area (Å²) in [4.78, 5) is 48.0. The molecule has 0 bridgehead atoms. The van der Waals surface area contributed by atoms with Gasteiger partial charge in [-0.25, -0.2) is 4.79 Å². The van der Waals surface area contributed by atoms with Crippen LogP contribution in [0.25, 0.3) is 17.4 Å². The van der Waals surface area contributed by atoms with Crippen LogP contribution in [0.5, 0.6) is 0 Å². The highest BCUT2D eigenvalue weighted by molar-refractivity contribution is 6.33. The van der Waals surface area contributed by atoms with E-state index in [-0.39, 0.29) is 22.0 Å². The number of rotatable bonds is 3. The number of carbonyl (C=O) groups is 3. The van der Waals surface area contributed by atoms with Gasteiger partial charge >= 0.3 is 6.03 Å². The number of barbiturate groups is 1. The van der Waals surface area contributed by atoms with Crippen LogP contribution in [0.1, 0.15) is 5.76 Å². The monoisotopic (exact) mass is 389 g/mol. The third-order valence-electron chi connectivity index (χ3n) is 3.99. The molecule has 1 fully saturated rings. The molecule has 4 amide bonds. The predicted octanol–water partition coefficient (Wildman–Crippen LogP) is 2.94. The zero-order chi connectivity index (χ0) is 19.9. The molecule has 0 atom stereocenters. The molecule has 0 radical (unpaired) electrons. The maximum absolute atomic E-state index is 12.2. The summed E-state index contributed by atoms with van der Waals surface area (Å²) in [6, 6.07) is 6.48. The first-order chi connectivity index (χ1) is 12.7. The second kappa shape index (κ2) is 6.69.